The van der Waals surface area contributed by atoms with Crippen LogP contribution in [0.25, 0.3) is 0 Å². The van der Waals surface area contributed by atoms with E-state index >= 15 is 0 Å². The van der Waals surface area contributed by atoms with E-state index in [9.17, 15) is 9.18 Å². The second-order valence-corrected chi connectivity index (χ2v) is 4.50. The quantitative estimate of drug-likeness (QED) is 0.743. The Morgan fingerprint density at radius 2 is 1.70 bits per heavy atom. The highest BCUT2D eigenvalue weighted by molar-refractivity contribution is 6.04. The van der Waals surface area contributed by atoms with Crippen molar-refractivity contribution < 1.29 is 9.18 Å². The van der Waals surface area contributed by atoms with Crippen LogP contribution in [0.4, 0.5) is 10.1 Å². The monoisotopic (exact) mass is 313 g/mol. The zero-order valence-electron chi connectivity index (χ0n) is 14.4. The second kappa shape index (κ2) is 11.0. The van der Waals surface area contributed by atoms with Crippen LogP contribution in [0.15, 0.2) is 42.5 Å². The molecule has 0 aromatic heterocycles. The Balaban J connectivity index is 0.000000868. The zero-order chi connectivity index (χ0) is 17.8. The maximum atomic E-state index is 13.0. The van der Waals surface area contributed by atoms with Crippen LogP contribution in [0, 0.1) is 32.0 Å². The minimum atomic E-state index is -0.413. The molecule has 0 fully saturated rings. The molecule has 0 atom stereocenters. The van der Waals surface area contributed by atoms with Crippen molar-refractivity contribution >= 4 is 11.6 Å². The van der Waals surface area contributed by atoms with Crippen LogP contribution in [-0.2, 0) is 0 Å². The molecule has 0 radical (unpaired) electrons. The summed E-state index contributed by atoms with van der Waals surface area (Å²) in [4.78, 5) is 12.0. The van der Waals surface area contributed by atoms with Crippen LogP contribution < -0.4 is 5.32 Å². The van der Waals surface area contributed by atoms with Gasteiger partial charge in [-0.15, -0.1) is 12.3 Å². The molecule has 0 bridgehead atoms. The van der Waals surface area contributed by atoms with E-state index in [-0.39, 0.29) is 5.91 Å². The fourth-order valence-electron chi connectivity index (χ4n) is 1.71. The number of terminal acetylenes is 1. The largest absolute Gasteiger partial charge is 0.322 e. The molecular weight excluding hydrogens is 289 g/mol. The fraction of sp³-hybridized carbons (Fsp3) is 0.250. The molecule has 122 valence electrons. The number of rotatable bonds is 2. The predicted octanol–water partition coefficient (Wildman–Crippen LogP) is 5.36. The molecular formula is C20H24FNO. The van der Waals surface area contributed by atoms with Gasteiger partial charge >= 0.3 is 0 Å². The van der Waals surface area contributed by atoms with Gasteiger partial charge < -0.3 is 5.32 Å². The van der Waals surface area contributed by atoms with Gasteiger partial charge in [0.2, 0.25) is 0 Å². The molecule has 2 nitrogen and oxygen atoms in total. The number of benzene rings is 2. The summed E-state index contributed by atoms with van der Waals surface area (Å²) in [5.74, 6) is 1.53. The number of hydrogen-bond acceptors (Lipinski definition) is 1. The van der Waals surface area contributed by atoms with Crippen molar-refractivity contribution in [2.75, 3.05) is 5.32 Å². The van der Waals surface area contributed by atoms with Crippen LogP contribution in [-0.4, -0.2) is 5.91 Å². The summed E-state index contributed by atoms with van der Waals surface area (Å²) in [6.07, 6.45) is 4.60. The smallest absolute Gasteiger partial charge is 0.255 e. The molecule has 0 unspecified atom stereocenters. The highest BCUT2D eigenvalue weighted by Crippen LogP contribution is 2.18. The van der Waals surface area contributed by atoms with E-state index in [1.807, 2.05) is 45.9 Å². The van der Waals surface area contributed by atoms with Crippen molar-refractivity contribution in [3.8, 4) is 12.3 Å². The van der Waals surface area contributed by atoms with Crippen molar-refractivity contribution in [1.29, 1.82) is 0 Å². The molecule has 0 spiro atoms. The Kier molecular flexibility index (Phi) is 9.78. The van der Waals surface area contributed by atoms with E-state index in [1.54, 1.807) is 13.0 Å². The van der Waals surface area contributed by atoms with Gasteiger partial charge in [0, 0.05) is 11.3 Å². The summed E-state index contributed by atoms with van der Waals surface area (Å²) in [7, 11) is 0. The summed E-state index contributed by atoms with van der Waals surface area (Å²) in [6, 6.07) is 11.3. The Hall–Kier alpha value is -2.60. The van der Waals surface area contributed by atoms with Gasteiger partial charge in [0.15, 0.2) is 0 Å². The topological polar surface area (TPSA) is 29.1 Å². The molecule has 0 aliphatic carbocycles. The molecule has 0 saturated carbocycles. The second-order valence-electron chi connectivity index (χ2n) is 4.50. The molecule has 1 amide bonds. The maximum absolute atomic E-state index is 13.0. The third-order valence-electron chi connectivity index (χ3n) is 2.94. The van der Waals surface area contributed by atoms with Gasteiger partial charge in [-0.2, -0.15) is 0 Å². The predicted molar refractivity (Wildman–Crippen MR) is 96.1 cm³/mol. The third-order valence-corrected chi connectivity index (χ3v) is 2.94. The highest BCUT2D eigenvalue weighted by Gasteiger charge is 2.08. The third kappa shape index (κ3) is 6.80. The average Bonchev–Trinajstić information content (AvgIpc) is 2.54. The van der Waals surface area contributed by atoms with Crippen molar-refractivity contribution in [3.05, 3.63) is 65.0 Å². The van der Waals surface area contributed by atoms with Gasteiger partial charge in [0.05, 0.1) is 0 Å². The Morgan fingerprint density at radius 3 is 2.26 bits per heavy atom. The first-order valence-electron chi connectivity index (χ1n) is 7.50. The lowest BCUT2D eigenvalue weighted by Gasteiger charge is -2.10. The summed E-state index contributed by atoms with van der Waals surface area (Å²) < 4.78 is 13.0. The van der Waals surface area contributed by atoms with Gasteiger partial charge in [0.25, 0.3) is 5.91 Å². The summed E-state index contributed by atoms with van der Waals surface area (Å²) in [5, 5.41) is 2.79. The van der Waals surface area contributed by atoms with Gasteiger partial charge in [-0.25, -0.2) is 4.39 Å². The lowest BCUT2D eigenvalue weighted by atomic mass is 10.1. The Labute approximate surface area is 138 Å². The maximum Gasteiger partial charge on any atom is 0.255 e. The minimum Gasteiger partial charge on any atom is -0.322 e. The number of halogens is 1. The number of carbonyl (C=O) groups is 1. The Bertz CT molecular complexity index is 672. The molecule has 2 aromatic carbocycles. The number of anilines is 1. The number of hydrogen-bond donors (Lipinski definition) is 1. The zero-order valence-corrected chi connectivity index (χ0v) is 14.4. The van der Waals surface area contributed by atoms with E-state index < -0.39 is 5.82 Å². The highest BCUT2D eigenvalue weighted by atomic mass is 19.1. The normalized spacial score (nSPS) is 8.57. The minimum absolute atomic E-state index is 0.303. The van der Waals surface area contributed by atoms with Crippen molar-refractivity contribution in [3.63, 3.8) is 0 Å². The van der Waals surface area contributed by atoms with Crippen molar-refractivity contribution in [2.24, 2.45) is 0 Å². The lowest BCUT2D eigenvalue weighted by molar-refractivity contribution is 0.102. The first-order valence-corrected chi connectivity index (χ1v) is 7.50. The first kappa shape index (κ1) is 20.4. The molecule has 0 aliphatic heterocycles. The van der Waals surface area contributed by atoms with E-state index in [4.69, 9.17) is 0 Å². The summed E-state index contributed by atoms with van der Waals surface area (Å²) >= 11 is 0. The van der Waals surface area contributed by atoms with Gasteiger partial charge in [0.1, 0.15) is 5.82 Å². The standard InChI is InChI=1S/C15H14FNO.C3H4.C2H6/c1-10-5-3-8-14(11(10)2)17-15(18)12-6-4-7-13(16)9-12;1-3-2;1-2/h3-9H,1-2H3,(H,17,18);1H,2H3;1-2H3. The van der Waals surface area contributed by atoms with E-state index in [2.05, 4.69) is 17.7 Å². The van der Waals surface area contributed by atoms with E-state index in [0.717, 1.165) is 16.8 Å². The molecule has 0 aliphatic rings. The SMILES string of the molecule is C#CC.CC.Cc1cccc(NC(=O)c2cccc(F)c2)c1C. The molecule has 3 heteroatoms. The van der Waals surface area contributed by atoms with Crippen LogP contribution >= 0.6 is 0 Å². The van der Waals surface area contributed by atoms with Gasteiger partial charge in [-0.3, -0.25) is 4.79 Å². The van der Waals surface area contributed by atoms with E-state index in [1.165, 1.54) is 18.2 Å². The number of amides is 1. The summed E-state index contributed by atoms with van der Waals surface area (Å²) in [6.45, 7) is 9.57. The molecule has 0 saturated heterocycles. The van der Waals surface area contributed by atoms with Gasteiger partial charge in [-0.1, -0.05) is 32.0 Å². The lowest BCUT2D eigenvalue weighted by Crippen LogP contribution is -2.13. The van der Waals surface area contributed by atoms with Crippen molar-refractivity contribution in [1.82, 2.24) is 0 Å². The van der Waals surface area contributed by atoms with Crippen LogP contribution in [0.2, 0.25) is 0 Å². The first-order chi connectivity index (χ1) is 11.0. The van der Waals surface area contributed by atoms with Gasteiger partial charge in [-0.05, 0) is 56.2 Å². The molecule has 2 rings (SSSR count). The van der Waals surface area contributed by atoms with Crippen LogP contribution in [0.5, 0.6) is 0 Å². The van der Waals surface area contributed by atoms with E-state index in [0.29, 0.717) is 5.56 Å². The number of carbonyl (C=O) groups excluding carboxylic acids is 1. The molecule has 23 heavy (non-hydrogen) atoms. The number of nitrogens with one attached hydrogen (secondary N) is 1. The van der Waals surface area contributed by atoms with Crippen LogP contribution in [0.1, 0.15) is 42.3 Å². The fourth-order valence-corrected chi connectivity index (χ4v) is 1.71. The summed E-state index contributed by atoms with van der Waals surface area (Å²) in [5.41, 5.74) is 3.19. The van der Waals surface area contributed by atoms with Crippen molar-refractivity contribution in [2.45, 2.75) is 34.6 Å². The average molecular weight is 313 g/mol. The molecule has 2 aromatic rings. The Morgan fingerprint density at radius 1 is 1.13 bits per heavy atom. The number of aryl methyl sites for hydroxylation is 1. The molecule has 1 N–H and O–H groups in total. The molecule has 0 heterocycles. The van der Waals surface area contributed by atoms with Crippen LogP contribution in [0.3, 0.4) is 0 Å².